The number of fused-ring (bicyclic) bond motifs is 1. The highest BCUT2D eigenvalue weighted by Crippen LogP contribution is 2.36. The minimum atomic E-state index is -0.524. The normalized spacial score (nSPS) is 22.8. The Morgan fingerprint density at radius 1 is 1.14 bits per heavy atom. The molecule has 0 aromatic heterocycles. The number of hydrogen-bond acceptors (Lipinski definition) is 5. The second-order valence-corrected chi connectivity index (χ2v) is 7.50. The summed E-state index contributed by atoms with van der Waals surface area (Å²) in [6, 6.07) is 15.7. The van der Waals surface area contributed by atoms with Crippen molar-refractivity contribution in [1.29, 1.82) is 0 Å². The summed E-state index contributed by atoms with van der Waals surface area (Å²) < 4.78 is 5.26. The molecule has 2 aliphatic heterocycles. The van der Waals surface area contributed by atoms with Crippen molar-refractivity contribution in [2.45, 2.75) is 25.4 Å². The molecule has 1 fully saturated rings. The number of nitrogens with zero attached hydrogens (tertiary/aromatic N) is 2. The molecule has 2 aromatic carbocycles. The SMILES string of the molecule is CCOC(=O)C1CC(C(=O)c2ccccc2)N2N=C(c3ccc(Cl)cc3)C=CC12. The highest BCUT2D eigenvalue weighted by atomic mass is 35.5. The van der Waals surface area contributed by atoms with Gasteiger partial charge in [0.15, 0.2) is 5.78 Å². The highest BCUT2D eigenvalue weighted by molar-refractivity contribution is 6.30. The Hall–Kier alpha value is -2.92. The number of hydrazone groups is 1. The molecule has 0 saturated carbocycles. The number of allylic oxidation sites excluding steroid dienone is 1. The molecule has 2 heterocycles. The maximum atomic E-state index is 13.2. The van der Waals surface area contributed by atoms with Crippen LogP contribution in [0.4, 0.5) is 0 Å². The molecule has 2 aromatic rings. The molecular weight excluding hydrogens is 388 g/mol. The fourth-order valence-corrected chi connectivity index (χ4v) is 3.99. The van der Waals surface area contributed by atoms with Crippen LogP contribution in [0.1, 0.15) is 29.3 Å². The van der Waals surface area contributed by atoms with Gasteiger partial charge in [-0.2, -0.15) is 5.10 Å². The van der Waals surface area contributed by atoms with Crippen LogP contribution in [0.15, 0.2) is 71.9 Å². The number of carbonyl (C=O) groups is 2. The lowest BCUT2D eigenvalue weighted by atomic mass is 9.95. The predicted octanol–water partition coefficient (Wildman–Crippen LogP) is 4.12. The molecule has 6 heteroatoms. The fourth-order valence-electron chi connectivity index (χ4n) is 3.87. The van der Waals surface area contributed by atoms with Crippen LogP contribution in [0.5, 0.6) is 0 Å². The molecular formula is C23H21ClN2O3. The number of hydrogen-bond donors (Lipinski definition) is 0. The summed E-state index contributed by atoms with van der Waals surface area (Å²) in [5.74, 6) is -0.767. The van der Waals surface area contributed by atoms with Crippen molar-refractivity contribution in [3.8, 4) is 0 Å². The minimum Gasteiger partial charge on any atom is -0.466 e. The third kappa shape index (κ3) is 3.83. The topological polar surface area (TPSA) is 59.0 Å². The van der Waals surface area contributed by atoms with Gasteiger partial charge in [-0.05, 0) is 31.6 Å². The van der Waals surface area contributed by atoms with Gasteiger partial charge in [-0.25, -0.2) is 0 Å². The fraction of sp³-hybridized carbons (Fsp3) is 0.261. The molecule has 1 saturated heterocycles. The van der Waals surface area contributed by atoms with Crippen molar-refractivity contribution in [1.82, 2.24) is 5.01 Å². The molecule has 0 amide bonds. The molecule has 29 heavy (non-hydrogen) atoms. The number of ketones is 1. The van der Waals surface area contributed by atoms with Gasteiger partial charge in [0, 0.05) is 16.1 Å². The van der Waals surface area contributed by atoms with E-state index in [0.717, 1.165) is 11.3 Å². The van der Waals surface area contributed by atoms with Crippen molar-refractivity contribution < 1.29 is 14.3 Å². The van der Waals surface area contributed by atoms with Gasteiger partial charge in [-0.1, -0.05) is 60.1 Å². The molecule has 5 nitrogen and oxygen atoms in total. The van der Waals surface area contributed by atoms with Gasteiger partial charge < -0.3 is 4.74 Å². The summed E-state index contributed by atoms with van der Waals surface area (Å²) in [7, 11) is 0. The van der Waals surface area contributed by atoms with Crippen LogP contribution in [0.3, 0.4) is 0 Å². The number of halogens is 1. The smallest absolute Gasteiger partial charge is 0.311 e. The minimum absolute atomic E-state index is 0.0445. The Morgan fingerprint density at radius 3 is 2.55 bits per heavy atom. The Labute approximate surface area is 174 Å². The summed E-state index contributed by atoms with van der Waals surface area (Å²) >= 11 is 5.99. The van der Waals surface area contributed by atoms with Crippen molar-refractivity contribution in [3.05, 3.63) is 82.9 Å². The van der Waals surface area contributed by atoms with Crippen LogP contribution in [0, 0.1) is 5.92 Å². The second kappa shape index (κ2) is 8.21. The van der Waals surface area contributed by atoms with E-state index in [1.54, 1.807) is 36.2 Å². The largest absolute Gasteiger partial charge is 0.466 e. The third-order valence-corrected chi connectivity index (χ3v) is 5.53. The summed E-state index contributed by atoms with van der Waals surface area (Å²) in [5, 5.41) is 7.17. The van der Waals surface area contributed by atoms with Crippen molar-refractivity contribution in [3.63, 3.8) is 0 Å². The van der Waals surface area contributed by atoms with Crippen LogP contribution < -0.4 is 0 Å². The van der Waals surface area contributed by atoms with Gasteiger partial charge in [-0.15, -0.1) is 0 Å². The first-order chi connectivity index (χ1) is 14.1. The maximum absolute atomic E-state index is 13.2. The zero-order valence-electron chi connectivity index (χ0n) is 16.0. The van der Waals surface area contributed by atoms with E-state index in [2.05, 4.69) is 0 Å². The zero-order chi connectivity index (χ0) is 20.4. The van der Waals surface area contributed by atoms with E-state index in [9.17, 15) is 9.59 Å². The van der Waals surface area contributed by atoms with Crippen molar-refractivity contribution in [2.24, 2.45) is 11.0 Å². The van der Waals surface area contributed by atoms with Gasteiger partial charge in [0.05, 0.1) is 24.3 Å². The lowest BCUT2D eigenvalue weighted by Crippen LogP contribution is -2.40. The molecule has 3 atom stereocenters. The average molecular weight is 409 g/mol. The summed E-state index contributed by atoms with van der Waals surface area (Å²) in [4.78, 5) is 25.7. The third-order valence-electron chi connectivity index (χ3n) is 5.28. The molecule has 0 radical (unpaired) electrons. The quantitative estimate of drug-likeness (QED) is 0.551. The summed E-state index contributed by atoms with van der Waals surface area (Å²) in [6.07, 6.45) is 4.21. The van der Waals surface area contributed by atoms with Gasteiger partial charge in [-0.3, -0.25) is 14.6 Å². The van der Waals surface area contributed by atoms with E-state index in [-0.39, 0.29) is 17.8 Å². The van der Waals surface area contributed by atoms with E-state index in [4.69, 9.17) is 21.4 Å². The molecule has 148 valence electrons. The van der Waals surface area contributed by atoms with E-state index >= 15 is 0 Å². The zero-order valence-corrected chi connectivity index (χ0v) is 16.8. The van der Waals surface area contributed by atoms with Crippen LogP contribution in [0.25, 0.3) is 0 Å². The molecule has 0 N–H and O–H groups in total. The van der Waals surface area contributed by atoms with Crippen molar-refractivity contribution in [2.75, 3.05) is 6.61 Å². The van der Waals surface area contributed by atoms with Gasteiger partial charge in [0.25, 0.3) is 0 Å². The maximum Gasteiger partial charge on any atom is 0.311 e. The van der Waals surface area contributed by atoms with Gasteiger partial charge >= 0.3 is 5.97 Å². The van der Waals surface area contributed by atoms with Gasteiger partial charge in [0.2, 0.25) is 0 Å². The average Bonchev–Trinajstić information content (AvgIpc) is 3.13. The van der Waals surface area contributed by atoms with E-state index in [0.29, 0.717) is 23.6 Å². The van der Waals surface area contributed by atoms with Crippen LogP contribution in [-0.2, 0) is 9.53 Å². The number of carbonyl (C=O) groups excluding carboxylic acids is 2. The summed E-state index contributed by atoms with van der Waals surface area (Å²) in [5.41, 5.74) is 2.24. The summed E-state index contributed by atoms with van der Waals surface area (Å²) in [6.45, 7) is 2.09. The Bertz CT molecular complexity index is 969. The Kier molecular flexibility index (Phi) is 5.49. The molecule has 4 rings (SSSR count). The van der Waals surface area contributed by atoms with Crippen LogP contribution >= 0.6 is 11.6 Å². The lowest BCUT2D eigenvalue weighted by Gasteiger charge is -2.29. The highest BCUT2D eigenvalue weighted by Gasteiger charge is 2.48. The molecule has 0 spiro atoms. The number of rotatable bonds is 5. The standard InChI is InChI=1S/C23H21ClN2O3/c1-2-29-23(28)18-14-21(22(27)16-6-4-3-5-7-16)26-20(18)13-12-19(25-26)15-8-10-17(24)11-9-15/h3-13,18,20-21H,2,14H2,1H3. The number of benzene rings is 2. The van der Waals surface area contributed by atoms with E-state index in [1.807, 2.05) is 42.5 Å². The second-order valence-electron chi connectivity index (χ2n) is 7.06. The lowest BCUT2D eigenvalue weighted by molar-refractivity contribution is -0.148. The Balaban J connectivity index is 1.69. The monoisotopic (exact) mass is 408 g/mol. The molecule has 3 unspecified atom stereocenters. The van der Waals surface area contributed by atoms with Gasteiger partial charge in [0.1, 0.15) is 6.04 Å². The first-order valence-corrected chi connectivity index (χ1v) is 10.0. The molecule has 0 bridgehead atoms. The predicted molar refractivity (Wildman–Crippen MR) is 112 cm³/mol. The van der Waals surface area contributed by atoms with E-state index in [1.165, 1.54) is 0 Å². The first kappa shape index (κ1) is 19.4. The van der Waals surface area contributed by atoms with Crippen molar-refractivity contribution >= 4 is 29.1 Å². The number of esters is 1. The number of ether oxygens (including phenoxy) is 1. The Morgan fingerprint density at radius 2 is 1.86 bits per heavy atom. The number of Topliss-reactive ketones (excluding diaryl/α,β-unsaturated/α-hetero) is 1. The first-order valence-electron chi connectivity index (χ1n) is 9.65. The van der Waals surface area contributed by atoms with Crippen LogP contribution in [-0.4, -0.2) is 41.2 Å². The van der Waals surface area contributed by atoms with Crippen LogP contribution in [0.2, 0.25) is 5.02 Å². The molecule has 0 aliphatic carbocycles. The van der Waals surface area contributed by atoms with E-state index < -0.39 is 12.0 Å². The molecule has 2 aliphatic rings.